The van der Waals surface area contributed by atoms with Gasteiger partial charge in [-0.15, -0.1) is 11.3 Å². The van der Waals surface area contributed by atoms with Crippen molar-refractivity contribution in [3.8, 4) is 10.6 Å². The predicted molar refractivity (Wildman–Crippen MR) is 107 cm³/mol. The van der Waals surface area contributed by atoms with Gasteiger partial charge in [-0.3, -0.25) is 4.79 Å². The second kappa shape index (κ2) is 8.66. The van der Waals surface area contributed by atoms with Gasteiger partial charge in [-0.05, 0) is 32.0 Å². The summed E-state index contributed by atoms with van der Waals surface area (Å²) < 4.78 is 45.5. The summed E-state index contributed by atoms with van der Waals surface area (Å²) in [5.41, 5.74) is -0.433. The molecule has 9 heteroatoms. The van der Waals surface area contributed by atoms with Gasteiger partial charge in [-0.2, -0.15) is 13.2 Å². The molecule has 0 aliphatic rings. The molecule has 0 unspecified atom stereocenters. The van der Waals surface area contributed by atoms with Crippen molar-refractivity contribution in [2.45, 2.75) is 26.1 Å². The number of halogens is 3. The number of anilines is 1. The van der Waals surface area contributed by atoms with Gasteiger partial charge in [0.25, 0.3) is 5.91 Å². The number of nitrogens with zero attached hydrogens (tertiary/aromatic N) is 1. The van der Waals surface area contributed by atoms with Crippen LogP contribution in [0.15, 0.2) is 54.6 Å². The Hall–Kier alpha value is -3.20. The van der Waals surface area contributed by atoms with E-state index in [4.69, 9.17) is 4.74 Å². The highest BCUT2D eigenvalue weighted by Crippen LogP contribution is 2.38. The van der Waals surface area contributed by atoms with Crippen LogP contribution in [0.2, 0.25) is 0 Å². The molecule has 0 fully saturated rings. The maximum absolute atomic E-state index is 13.5. The Labute approximate surface area is 174 Å². The van der Waals surface area contributed by atoms with Gasteiger partial charge in [0, 0.05) is 11.3 Å². The van der Waals surface area contributed by atoms with Crippen LogP contribution in [0.1, 0.15) is 39.6 Å². The average Bonchev–Trinajstić information content (AvgIpc) is 3.15. The summed E-state index contributed by atoms with van der Waals surface area (Å²) in [7, 11) is 0. The van der Waals surface area contributed by atoms with E-state index in [0.29, 0.717) is 16.9 Å². The van der Waals surface area contributed by atoms with E-state index in [0.717, 1.165) is 0 Å². The Balaban J connectivity index is 1.90. The van der Waals surface area contributed by atoms with Crippen LogP contribution in [0.3, 0.4) is 0 Å². The Kier molecular flexibility index (Phi) is 6.21. The van der Waals surface area contributed by atoms with Crippen LogP contribution < -0.4 is 5.32 Å². The predicted octanol–water partition coefficient (Wildman–Crippen LogP) is 5.65. The molecule has 0 atom stereocenters. The minimum Gasteiger partial charge on any atom is -0.459 e. The van der Waals surface area contributed by atoms with Crippen molar-refractivity contribution in [2.75, 3.05) is 5.32 Å². The van der Waals surface area contributed by atoms with E-state index in [2.05, 4.69) is 10.3 Å². The summed E-state index contributed by atoms with van der Waals surface area (Å²) in [6.07, 6.45) is -5.13. The normalized spacial score (nSPS) is 11.4. The summed E-state index contributed by atoms with van der Waals surface area (Å²) in [5.74, 6) is -1.56. The second-order valence-corrected chi connectivity index (χ2v) is 7.55. The fraction of sp³-hybridized carbons (Fsp3) is 0.190. The number of esters is 1. The first-order valence-corrected chi connectivity index (χ1v) is 9.72. The number of hydrogen-bond acceptors (Lipinski definition) is 5. The van der Waals surface area contributed by atoms with E-state index < -0.39 is 28.6 Å². The molecule has 0 aliphatic heterocycles. The molecule has 1 heterocycles. The molecule has 0 radical (unpaired) electrons. The van der Waals surface area contributed by atoms with Crippen molar-refractivity contribution in [3.05, 3.63) is 70.7 Å². The number of carbonyl (C=O) groups excluding carboxylic acids is 2. The van der Waals surface area contributed by atoms with Crippen molar-refractivity contribution in [3.63, 3.8) is 0 Å². The van der Waals surface area contributed by atoms with E-state index in [-0.39, 0.29) is 22.4 Å². The van der Waals surface area contributed by atoms with Gasteiger partial charge in [0.1, 0.15) is 9.88 Å². The lowest BCUT2D eigenvalue weighted by molar-refractivity contribution is -0.141. The fourth-order valence-electron chi connectivity index (χ4n) is 2.56. The van der Waals surface area contributed by atoms with Crippen LogP contribution in [0, 0.1) is 0 Å². The van der Waals surface area contributed by atoms with Crippen LogP contribution >= 0.6 is 11.3 Å². The molecular weight excluding hydrogens is 417 g/mol. The minimum atomic E-state index is -4.79. The average molecular weight is 434 g/mol. The second-order valence-electron chi connectivity index (χ2n) is 6.55. The Bertz CT molecular complexity index is 1060. The molecule has 3 rings (SSSR count). The van der Waals surface area contributed by atoms with E-state index in [1.807, 2.05) is 0 Å². The molecule has 1 amide bonds. The number of hydrogen-bond donors (Lipinski definition) is 1. The topological polar surface area (TPSA) is 68.3 Å². The number of aromatic nitrogens is 1. The number of nitrogens with one attached hydrogen (secondary N) is 1. The largest absolute Gasteiger partial charge is 0.459 e. The van der Waals surface area contributed by atoms with Gasteiger partial charge in [0.15, 0.2) is 5.69 Å². The Morgan fingerprint density at radius 1 is 1.07 bits per heavy atom. The lowest BCUT2D eigenvalue weighted by Gasteiger charge is -2.10. The third-order valence-electron chi connectivity index (χ3n) is 3.82. The molecule has 1 N–H and O–H groups in total. The summed E-state index contributed by atoms with van der Waals surface area (Å²) in [5, 5.41) is 2.49. The van der Waals surface area contributed by atoms with Crippen molar-refractivity contribution < 1.29 is 27.5 Å². The molecule has 0 saturated carbocycles. The van der Waals surface area contributed by atoms with E-state index in [1.165, 1.54) is 24.3 Å². The van der Waals surface area contributed by atoms with E-state index >= 15 is 0 Å². The number of carbonyl (C=O) groups is 2. The highest BCUT2D eigenvalue weighted by Gasteiger charge is 2.39. The molecule has 5 nitrogen and oxygen atoms in total. The molecule has 0 aliphatic carbocycles. The lowest BCUT2D eigenvalue weighted by atomic mass is 10.2. The highest BCUT2D eigenvalue weighted by molar-refractivity contribution is 7.17. The molecule has 0 spiro atoms. The number of alkyl halides is 3. The number of thiazole rings is 1. The van der Waals surface area contributed by atoms with Gasteiger partial charge >= 0.3 is 12.1 Å². The van der Waals surface area contributed by atoms with Crippen LogP contribution in [-0.2, 0) is 10.9 Å². The molecular formula is C21H17F3N2O3S. The molecule has 0 saturated heterocycles. The number of benzene rings is 2. The summed E-state index contributed by atoms with van der Waals surface area (Å²) >= 11 is 0.651. The zero-order valence-corrected chi connectivity index (χ0v) is 16.8. The van der Waals surface area contributed by atoms with Gasteiger partial charge in [0.2, 0.25) is 0 Å². The summed E-state index contributed by atoms with van der Waals surface area (Å²) in [4.78, 5) is 27.7. The Morgan fingerprint density at radius 2 is 1.77 bits per heavy atom. The van der Waals surface area contributed by atoms with Crippen LogP contribution in [0.25, 0.3) is 10.6 Å². The zero-order chi connectivity index (χ0) is 21.9. The zero-order valence-electron chi connectivity index (χ0n) is 16.0. The number of amides is 1. The van der Waals surface area contributed by atoms with Gasteiger partial charge in [0.05, 0.1) is 11.7 Å². The SMILES string of the molecule is CC(C)OC(=O)c1cccc(NC(=O)c2sc(-c3ccccc3)nc2C(F)(F)F)c1. The van der Waals surface area contributed by atoms with Crippen molar-refractivity contribution in [1.29, 1.82) is 0 Å². The minimum absolute atomic E-state index is 0.0855. The first kappa shape index (κ1) is 21.5. The fourth-order valence-corrected chi connectivity index (χ4v) is 3.55. The first-order chi connectivity index (χ1) is 14.1. The maximum Gasteiger partial charge on any atom is 0.435 e. The van der Waals surface area contributed by atoms with Gasteiger partial charge < -0.3 is 10.1 Å². The number of ether oxygens (including phenoxy) is 1. The summed E-state index contributed by atoms with van der Waals surface area (Å²) in [6.45, 7) is 3.38. The van der Waals surface area contributed by atoms with Crippen LogP contribution in [0.4, 0.5) is 18.9 Å². The standard InChI is InChI=1S/C21H17F3N2O3S/c1-12(2)29-20(28)14-9-6-10-15(11-14)25-18(27)16-17(21(22,23)24)26-19(30-16)13-7-4-3-5-8-13/h3-12H,1-2H3,(H,25,27). The molecule has 156 valence electrons. The molecule has 0 bridgehead atoms. The number of rotatable bonds is 5. The lowest BCUT2D eigenvalue weighted by Crippen LogP contribution is -2.17. The van der Waals surface area contributed by atoms with Crippen molar-refractivity contribution in [2.24, 2.45) is 0 Å². The van der Waals surface area contributed by atoms with E-state index in [9.17, 15) is 22.8 Å². The summed E-state index contributed by atoms with van der Waals surface area (Å²) in [6, 6.07) is 14.1. The van der Waals surface area contributed by atoms with Gasteiger partial charge in [-0.25, -0.2) is 9.78 Å². The van der Waals surface area contributed by atoms with Crippen molar-refractivity contribution >= 4 is 28.9 Å². The molecule has 30 heavy (non-hydrogen) atoms. The van der Waals surface area contributed by atoms with Gasteiger partial charge in [-0.1, -0.05) is 36.4 Å². The van der Waals surface area contributed by atoms with Crippen molar-refractivity contribution in [1.82, 2.24) is 4.98 Å². The molecule has 1 aromatic heterocycles. The molecule has 3 aromatic rings. The van der Waals surface area contributed by atoms with Crippen LogP contribution in [0.5, 0.6) is 0 Å². The highest BCUT2D eigenvalue weighted by atomic mass is 32.1. The monoisotopic (exact) mass is 434 g/mol. The smallest absolute Gasteiger partial charge is 0.435 e. The van der Waals surface area contributed by atoms with E-state index in [1.54, 1.807) is 44.2 Å². The quantitative estimate of drug-likeness (QED) is 0.527. The van der Waals surface area contributed by atoms with Crippen LogP contribution in [-0.4, -0.2) is 23.0 Å². The Morgan fingerprint density at radius 3 is 2.40 bits per heavy atom. The molecule has 2 aromatic carbocycles. The maximum atomic E-state index is 13.5. The third-order valence-corrected chi connectivity index (χ3v) is 4.92. The third kappa shape index (κ3) is 5.04. The first-order valence-electron chi connectivity index (χ1n) is 8.91.